The van der Waals surface area contributed by atoms with Gasteiger partial charge in [-0.05, 0) is 19.4 Å². The average molecular weight is 169 g/mol. The number of hydrogen-bond donors (Lipinski definition) is 1. The molecule has 0 aliphatic heterocycles. The second-order valence-corrected chi connectivity index (χ2v) is 2.33. The van der Waals surface area contributed by atoms with Gasteiger partial charge in [-0.25, -0.2) is 0 Å². The van der Waals surface area contributed by atoms with Crippen molar-refractivity contribution in [1.82, 2.24) is 0 Å². The van der Waals surface area contributed by atoms with Gasteiger partial charge < -0.3 is 5.73 Å². The van der Waals surface area contributed by atoms with E-state index in [9.17, 15) is 0 Å². The molecule has 0 bridgehead atoms. The van der Waals surface area contributed by atoms with Crippen LogP contribution in [0.15, 0.2) is 23.9 Å². The van der Waals surface area contributed by atoms with Crippen LogP contribution >= 0.6 is 0 Å². The van der Waals surface area contributed by atoms with Crippen LogP contribution in [0.4, 0.5) is 0 Å². The summed E-state index contributed by atoms with van der Waals surface area (Å²) in [6, 6.07) is 0. The van der Waals surface area contributed by atoms with Gasteiger partial charge in [0.1, 0.15) is 0 Å². The molecule has 0 fully saturated rings. The number of hydrogen-bond acceptors (Lipinski definition) is 1. The molecule has 0 rings (SSSR count). The number of allylic oxidation sites excluding steroid dienone is 3. The van der Waals surface area contributed by atoms with Crippen LogP contribution in [0, 0.1) is 0 Å². The molecule has 0 unspecified atom stereocenters. The lowest BCUT2D eigenvalue weighted by Gasteiger charge is -1.89. The monoisotopic (exact) mass is 169 g/mol. The minimum Gasteiger partial charge on any atom is -0.399 e. The Morgan fingerprint density at radius 3 is 2.33 bits per heavy atom. The third-order valence-electron chi connectivity index (χ3n) is 1.37. The van der Waals surface area contributed by atoms with Gasteiger partial charge in [0.05, 0.1) is 0 Å². The van der Waals surface area contributed by atoms with Gasteiger partial charge in [-0.3, -0.25) is 0 Å². The molecule has 0 radical (unpaired) electrons. The van der Waals surface area contributed by atoms with Gasteiger partial charge in [0.15, 0.2) is 0 Å². The van der Waals surface area contributed by atoms with Crippen molar-refractivity contribution in [3.05, 3.63) is 23.9 Å². The van der Waals surface area contributed by atoms with Crippen LogP contribution in [0.2, 0.25) is 0 Å². The van der Waals surface area contributed by atoms with Crippen molar-refractivity contribution in [2.45, 2.75) is 47.0 Å². The predicted octanol–water partition coefficient (Wildman–Crippen LogP) is 3.62. The smallest absolute Gasteiger partial charge is 0.0267 e. The van der Waals surface area contributed by atoms with E-state index in [2.05, 4.69) is 13.0 Å². The third kappa shape index (κ3) is 12.0. The van der Waals surface area contributed by atoms with Crippen molar-refractivity contribution >= 4 is 0 Å². The van der Waals surface area contributed by atoms with Crippen LogP contribution in [0.25, 0.3) is 0 Å². The number of nitrogens with two attached hydrogens (primary N) is 1. The van der Waals surface area contributed by atoms with E-state index in [1.165, 1.54) is 12.8 Å². The average Bonchev–Trinajstić information content (AvgIpc) is 2.15. The Bertz CT molecular complexity index is 123. The standard InChI is InChI=1S/C9H17N.C2H6/c1-3-5-6-7-8-9(10)4-2;1-2/h4,7-8H,3,5-6,10H2,1-2H3;1-2H3/b8-7+,9-4-;. The molecule has 0 aliphatic carbocycles. The minimum absolute atomic E-state index is 0.858. The molecule has 1 nitrogen and oxygen atoms in total. The van der Waals surface area contributed by atoms with Gasteiger partial charge in [0.25, 0.3) is 0 Å². The van der Waals surface area contributed by atoms with Crippen molar-refractivity contribution in [3.8, 4) is 0 Å². The SMILES string of the molecule is C/C=C(N)/C=C/CCCC.CC. The van der Waals surface area contributed by atoms with Crippen LogP contribution in [0.3, 0.4) is 0 Å². The van der Waals surface area contributed by atoms with E-state index >= 15 is 0 Å². The molecule has 0 aliphatic rings. The second-order valence-electron chi connectivity index (χ2n) is 2.33. The highest BCUT2D eigenvalue weighted by molar-refractivity contribution is 5.13. The van der Waals surface area contributed by atoms with Crippen molar-refractivity contribution in [2.75, 3.05) is 0 Å². The number of rotatable bonds is 4. The molecule has 0 atom stereocenters. The lowest BCUT2D eigenvalue weighted by molar-refractivity contribution is 0.814. The van der Waals surface area contributed by atoms with E-state index in [0.717, 1.165) is 12.1 Å². The molecule has 0 spiro atoms. The van der Waals surface area contributed by atoms with Crippen molar-refractivity contribution < 1.29 is 0 Å². The zero-order valence-electron chi connectivity index (χ0n) is 8.93. The molecule has 0 amide bonds. The van der Waals surface area contributed by atoms with Crippen LogP contribution in [0.5, 0.6) is 0 Å². The van der Waals surface area contributed by atoms with Gasteiger partial charge in [0, 0.05) is 5.70 Å². The third-order valence-corrected chi connectivity index (χ3v) is 1.37. The maximum atomic E-state index is 5.53. The van der Waals surface area contributed by atoms with Gasteiger partial charge in [-0.15, -0.1) is 0 Å². The maximum Gasteiger partial charge on any atom is 0.0267 e. The lowest BCUT2D eigenvalue weighted by atomic mass is 10.2. The topological polar surface area (TPSA) is 26.0 Å². The Morgan fingerprint density at radius 2 is 1.92 bits per heavy atom. The molecule has 1 heteroatoms. The van der Waals surface area contributed by atoms with Crippen LogP contribution in [0.1, 0.15) is 47.0 Å². The molecular formula is C11H23N. The quantitative estimate of drug-likeness (QED) is 0.505. The molecule has 0 aromatic heterocycles. The Balaban J connectivity index is 0. The summed E-state index contributed by atoms with van der Waals surface area (Å²) in [5.74, 6) is 0. The Morgan fingerprint density at radius 1 is 1.33 bits per heavy atom. The summed E-state index contributed by atoms with van der Waals surface area (Å²) in [5, 5.41) is 0. The zero-order valence-corrected chi connectivity index (χ0v) is 8.93. The highest BCUT2D eigenvalue weighted by Crippen LogP contribution is 1.96. The summed E-state index contributed by atoms with van der Waals surface area (Å²) in [6.07, 6.45) is 9.65. The fourth-order valence-corrected chi connectivity index (χ4v) is 0.638. The summed E-state index contributed by atoms with van der Waals surface area (Å²) in [6.45, 7) is 8.13. The fraction of sp³-hybridized carbons (Fsp3) is 0.636. The summed E-state index contributed by atoms with van der Waals surface area (Å²) >= 11 is 0. The first-order valence-electron chi connectivity index (χ1n) is 4.89. The highest BCUT2D eigenvalue weighted by atomic mass is 14.5. The van der Waals surface area contributed by atoms with Crippen molar-refractivity contribution in [2.24, 2.45) is 5.73 Å². The maximum absolute atomic E-state index is 5.53. The largest absolute Gasteiger partial charge is 0.399 e. The van der Waals surface area contributed by atoms with E-state index in [1.54, 1.807) is 0 Å². The van der Waals surface area contributed by atoms with Gasteiger partial charge in [0.2, 0.25) is 0 Å². The number of unbranched alkanes of at least 4 members (excludes halogenated alkanes) is 2. The molecule has 0 saturated heterocycles. The molecule has 72 valence electrons. The van der Waals surface area contributed by atoms with Crippen LogP contribution in [-0.4, -0.2) is 0 Å². The fourth-order valence-electron chi connectivity index (χ4n) is 0.638. The summed E-state index contributed by atoms with van der Waals surface area (Å²) in [7, 11) is 0. The summed E-state index contributed by atoms with van der Waals surface area (Å²) in [4.78, 5) is 0. The molecule has 0 saturated carbocycles. The molecular weight excluding hydrogens is 146 g/mol. The summed E-state index contributed by atoms with van der Waals surface area (Å²) in [5.41, 5.74) is 6.39. The zero-order chi connectivity index (χ0) is 9.82. The normalized spacial score (nSPS) is 11.2. The molecule has 0 heterocycles. The van der Waals surface area contributed by atoms with E-state index in [-0.39, 0.29) is 0 Å². The highest BCUT2D eigenvalue weighted by Gasteiger charge is 1.78. The molecule has 12 heavy (non-hydrogen) atoms. The second kappa shape index (κ2) is 12.9. The minimum atomic E-state index is 0.858. The van der Waals surface area contributed by atoms with Gasteiger partial charge in [-0.1, -0.05) is 45.8 Å². The first-order valence-corrected chi connectivity index (χ1v) is 4.89. The first-order chi connectivity index (χ1) is 5.81. The first kappa shape index (κ1) is 13.8. The predicted molar refractivity (Wildman–Crippen MR) is 58.0 cm³/mol. The summed E-state index contributed by atoms with van der Waals surface area (Å²) < 4.78 is 0. The van der Waals surface area contributed by atoms with Gasteiger partial charge >= 0.3 is 0 Å². The Hall–Kier alpha value is -0.720. The van der Waals surface area contributed by atoms with Crippen molar-refractivity contribution in [3.63, 3.8) is 0 Å². The van der Waals surface area contributed by atoms with Gasteiger partial charge in [-0.2, -0.15) is 0 Å². The molecule has 0 aromatic rings. The van der Waals surface area contributed by atoms with E-state index in [1.807, 2.05) is 32.9 Å². The Kier molecular flexibility index (Phi) is 14.9. The van der Waals surface area contributed by atoms with Crippen LogP contribution < -0.4 is 5.73 Å². The van der Waals surface area contributed by atoms with E-state index in [4.69, 9.17) is 5.73 Å². The van der Waals surface area contributed by atoms with Crippen molar-refractivity contribution in [1.29, 1.82) is 0 Å². The lowest BCUT2D eigenvalue weighted by Crippen LogP contribution is -1.90. The van der Waals surface area contributed by atoms with E-state index in [0.29, 0.717) is 0 Å². The molecule has 0 aromatic carbocycles. The Labute approximate surface area is 77.4 Å². The molecule has 2 N–H and O–H groups in total. The van der Waals surface area contributed by atoms with E-state index < -0.39 is 0 Å². The van der Waals surface area contributed by atoms with Crippen LogP contribution in [-0.2, 0) is 0 Å².